The summed E-state index contributed by atoms with van der Waals surface area (Å²) in [4.78, 5) is 57.2. The van der Waals surface area contributed by atoms with Crippen LogP contribution in [0.5, 0.6) is 0 Å². The lowest BCUT2D eigenvalue weighted by Crippen LogP contribution is -2.37. The molecule has 26 heavy (non-hydrogen) atoms. The second-order valence-electron chi connectivity index (χ2n) is 6.02. The maximum atomic E-state index is 12.5. The van der Waals surface area contributed by atoms with Gasteiger partial charge in [0.1, 0.15) is 12.2 Å². The minimum Gasteiger partial charge on any atom is -0.314 e. The van der Waals surface area contributed by atoms with Gasteiger partial charge >= 0.3 is 5.69 Å². The first kappa shape index (κ1) is 16.1. The molecule has 0 bridgehead atoms. The molecule has 1 aliphatic heterocycles. The van der Waals surface area contributed by atoms with Gasteiger partial charge in [0.2, 0.25) is 0 Å². The molecule has 0 amide bonds. The Morgan fingerprint density at radius 1 is 1.08 bits per heavy atom. The summed E-state index contributed by atoms with van der Waals surface area (Å²) in [6.07, 6.45) is 6.58. The largest absolute Gasteiger partial charge is 0.325 e. The van der Waals surface area contributed by atoms with Crippen molar-refractivity contribution < 1.29 is 0 Å². The monoisotopic (exact) mass is 353 g/mol. The zero-order chi connectivity index (χ0) is 18.1. The Labute approximate surface area is 146 Å². The minimum absolute atomic E-state index is 0.214. The smallest absolute Gasteiger partial charge is 0.314 e. The molecule has 0 unspecified atom stereocenters. The molecule has 10 nitrogen and oxygen atoms in total. The van der Waals surface area contributed by atoms with Crippen molar-refractivity contribution in [3.05, 3.63) is 72.9 Å². The number of rotatable bonds is 3. The predicted molar refractivity (Wildman–Crippen MR) is 91.4 cm³/mol. The fraction of sp³-hybridized carbons (Fsp3) is 0.250. The van der Waals surface area contributed by atoms with Crippen LogP contribution in [-0.4, -0.2) is 41.3 Å². The molecule has 3 N–H and O–H groups in total. The van der Waals surface area contributed by atoms with Crippen LogP contribution in [0.1, 0.15) is 16.8 Å². The molecule has 4 rings (SSSR count). The number of hydrogen-bond donors (Lipinski definition) is 3. The van der Waals surface area contributed by atoms with E-state index in [4.69, 9.17) is 0 Å². The van der Waals surface area contributed by atoms with Gasteiger partial charge in [-0.1, -0.05) is 0 Å². The topological polar surface area (TPSA) is 140 Å². The highest BCUT2D eigenvalue weighted by Crippen LogP contribution is 2.18. The molecule has 3 aromatic heterocycles. The third-order valence-electron chi connectivity index (χ3n) is 4.27. The first-order valence-electron chi connectivity index (χ1n) is 8.01. The van der Waals surface area contributed by atoms with E-state index in [0.29, 0.717) is 48.6 Å². The summed E-state index contributed by atoms with van der Waals surface area (Å²) >= 11 is 0. The highest BCUT2D eigenvalue weighted by molar-refractivity contribution is 5.52. The molecule has 132 valence electrons. The van der Waals surface area contributed by atoms with Gasteiger partial charge in [0, 0.05) is 50.2 Å². The van der Waals surface area contributed by atoms with E-state index in [1.165, 1.54) is 12.5 Å². The average molecular weight is 353 g/mol. The minimum atomic E-state index is -0.541. The molecule has 4 heterocycles. The third-order valence-corrected chi connectivity index (χ3v) is 4.27. The van der Waals surface area contributed by atoms with E-state index in [1.807, 2.05) is 4.90 Å². The van der Waals surface area contributed by atoms with E-state index in [-0.39, 0.29) is 5.56 Å². The highest BCUT2D eigenvalue weighted by atomic mass is 16.2. The van der Waals surface area contributed by atoms with Crippen molar-refractivity contribution in [3.63, 3.8) is 0 Å². The van der Waals surface area contributed by atoms with Crippen molar-refractivity contribution in [1.82, 2.24) is 34.8 Å². The highest BCUT2D eigenvalue weighted by Gasteiger charge is 2.22. The van der Waals surface area contributed by atoms with Gasteiger partial charge in [-0.25, -0.2) is 19.7 Å². The lowest BCUT2D eigenvalue weighted by Gasteiger charge is -2.27. The van der Waals surface area contributed by atoms with Gasteiger partial charge in [-0.3, -0.25) is 19.5 Å². The van der Waals surface area contributed by atoms with Crippen LogP contribution in [0.4, 0.5) is 0 Å². The summed E-state index contributed by atoms with van der Waals surface area (Å²) in [5, 5.41) is 0. The molecule has 0 atom stereocenters. The van der Waals surface area contributed by atoms with E-state index < -0.39 is 11.2 Å². The number of nitrogens with zero attached hydrogens (tertiary/aromatic N) is 4. The second kappa shape index (κ2) is 6.48. The molecule has 1 aliphatic rings. The summed E-state index contributed by atoms with van der Waals surface area (Å²) < 4.78 is 0. The summed E-state index contributed by atoms with van der Waals surface area (Å²) in [7, 11) is 0. The Balaban J connectivity index is 1.60. The van der Waals surface area contributed by atoms with Crippen LogP contribution in [-0.2, 0) is 19.5 Å². The summed E-state index contributed by atoms with van der Waals surface area (Å²) in [6, 6.07) is 0. The molecule has 0 saturated heterocycles. The normalized spacial score (nSPS) is 14.2. The molecular weight excluding hydrogens is 338 g/mol. The van der Waals surface area contributed by atoms with Crippen molar-refractivity contribution in [2.75, 3.05) is 6.54 Å². The van der Waals surface area contributed by atoms with Crippen LogP contribution in [0, 0.1) is 0 Å². The summed E-state index contributed by atoms with van der Waals surface area (Å²) in [5.41, 5.74) is 1.22. The SMILES string of the molecule is O=c1[nH]cc(CN2CCc3nc(-c4cncnc4)[nH]c(=O)c3C2)c(=O)[nH]1. The van der Waals surface area contributed by atoms with Gasteiger partial charge in [0.05, 0.1) is 16.8 Å². The first-order chi connectivity index (χ1) is 12.6. The van der Waals surface area contributed by atoms with Gasteiger partial charge in [-0.2, -0.15) is 0 Å². The molecule has 0 radical (unpaired) electrons. The molecule has 0 aliphatic carbocycles. The standard InChI is InChI=1S/C16H15N7O3/c24-14-10(5-19-16(26)22-14)6-23-2-1-12-11(7-23)15(25)21-13(20-12)9-3-17-8-18-4-9/h3-5,8H,1-2,6-7H2,(H,20,21,25)(H2,19,22,24,26). The second-order valence-corrected chi connectivity index (χ2v) is 6.02. The van der Waals surface area contributed by atoms with Crippen LogP contribution in [0.3, 0.4) is 0 Å². The van der Waals surface area contributed by atoms with Crippen LogP contribution >= 0.6 is 0 Å². The van der Waals surface area contributed by atoms with Gasteiger partial charge in [-0.05, 0) is 0 Å². The Hall–Kier alpha value is -3.40. The summed E-state index contributed by atoms with van der Waals surface area (Å²) in [6.45, 7) is 1.35. The van der Waals surface area contributed by atoms with Crippen LogP contribution in [0.2, 0.25) is 0 Å². The van der Waals surface area contributed by atoms with Gasteiger partial charge < -0.3 is 9.97 Å². The van der Waals surface area contributed by atoms with Crippen LogP contribution in [0.25, 0.3) is 11.4 Å². The Morgan fingerprint density at radius 3 is 2.65 bits per heavy atom. The van der Waals surface area contributed by atoms with Gasteiger partial charge in [0.15, 0.2) is 0 Å². The quantitative estimate of drug-likeness (QED) is 0.558. The Bertz CT molecular complexity index is 1120. The average Bonchev–Trinajstić information content (AvgIpc) is 2.65. The van der Waals surface area contributed by atoms with Crippen molar-refractivity contribution >= 4 is 0 Å². The molecule has 0 spiro atoms. The number of fused-ring (bicyclic) bond motifs is 1. The number of nitrogens with one attached hydrogen (secondary N) is 3. The van der Waals surface area contributed by atoms with Gasteiger partial charge in [-0.15, -0.1) is 0 Å². The first-order valence-corrected chi connectivity index (χ1v) is 8.01. The van der Waals surface area contributed by atoms with Crippen molar-refractivity contribution in [3.8, 4) is 11.4 Å². The lowest BCUT2D eigenvalue weighted by atomic mass is 10.1. The van der Waals surface area contributed by atoms with E-state index in [1.54, 1.807) is 12.4 Å². The molecule has 10 heteroatoms. The van der Waals surface area contributed by atoms with Crippen molar-refractivity contribution in [1.29, 1.82) is 0 Å². The van der Waals surface area contributed by atoms with Crippen LogP contribution < -0.4 is 16.8 Å². The number of H-pyrrole nitrogens is 3. The maximum absolute atomic E-state index is 12.5. The van der Waals surface area contributed by atoms with Crippen LogP contribution in [0.15, 0.2) is 39.3 Å². The number of aromatic nitrogens is 6. The Kier molecular flexibility index (Phi) is 4.01. The van der Waals surface area contributed by atoms with E-state index in [0.717, 1.165) is 5.69 Å². The number of hydrogen-bond acceptors (Lipinski definition) is 7. The van der Waals surface area contributed by atoms with E-state index >= 15 is 0 Å². The molecular formula is C16H15N7O3. The maximum Gasteiger partial charge on any atom is 0.325 e. The summed E-state index contributed by atoms with van der Waals surface area (Å²) in [5.74, 6) is 0.444. The van der Waals surface area contributed by atoms with Crippen molar-refractivity contribution in [2.45, 2.75) is 19.5 Å². The Morgan fingerprint density at radius 2 is 1.88 bits per heavy atom. The lowest BCUT2D eigenvalue weighted by molar-refractivity contribution is 0.240. The molecule has 0 aromatic carbocycles. The molecule has 0 fully saturated rings. The molecule has 3 aromatic rings. The van der Waals surface area contributed by atoms with E-state index in [2.05, 4.69) is 29.9 Å². The van der Waals surface area contributed by atoms with E-state index in [9.17, 15) is 14.4 Å². The fourth-order valence-electron chi connectivity index (χ4n) is 2.97. The zero-order valence-corrected chi connectivity index (χ0v) is 13.7. The van der Waals surface area contributed by atoms with Crippen molar-refractivity contribution in [2.24, 2.45) is 0 Å². The number of aromatic amines is 3. The zero-order valence-electron chi connectivity index (χ0n) is 13.7. The molecule has 0 saturated carbocycles. The van der Waals surface area contributed by atoms with Gasteiger partial charge in [0.25, 0.3) is 11.1 Å². The predicted octanol–water partition coefficient (Wildman–Crippen LogP) is -0.838. The third kappa shape index (κ3) is 3.09. The fourth-order valence-corrected chi connectivity index (χ4v) is 2.97.